The maximum absolute atomic E-state index is 10.7. The Bertz CT molecular complexity index is 579. The van der Waals surface area contributed by atoms with Gasteiger partial charge in [-0.05, 0) is 37.4 Å². The minimum Gasteiger partial charge on any atom is -0.481 e. The summed E-state index contributed by atoms with van der Waals surface area (Å²) in [6, 6.07) is 8.11. The first-order valence-corrected chi connectivity index (χ1v) is 7.86. The Morgan fingerprint density at radius 1 is 1.37 bits per heavy atom. The number of hydrogen-bond donors (Lipinski definition) is 1. The minimum absolute atomic E-state index is 0.0132. The summed E-state index contributed by atoms with van der Waals surface area (Å²) in [5.41, 5.74) is 1.87. The Morgan fingerprint density at radius 3 is 2.63 bits per heavy atom. The fraction of sp³-hybridized carbons (Fsp3) is 0.231. The van der Waals surface area contributed by atoms with Crippen molar-refractivity contribution < 1.29 is 9.90 Å². The molecule has 2 aromatic rings. The van der Waals surface area contributed by atoms with Crippen molar-refractivity contribution in [3.8, 4) is 5.69 Å². The van der Waals surface area contributed by atoms with Gasteiger partial charge in [0.1, 0.15) is 0 Å². The molecule has 0 fully saturated rings. The molecule has 0 saturated carbocycles. The number of carbonyl (C=O) groups is 1. The van der Waals surface area contributed by atoms with Gasteiger partial charge in [0, 0.05) is 16.8 Å². The smallest absolute Gasteiger partial charge is 0.313 e. The van der Waals surface area contributed by atoms with E-state index in [4.69, 9.17) is 5.11 Å². The highest BCUT2D eigenvalue weighted by Gasteiger charge is 2.10. The number of hydrogen-bond acceptors (Lipinski definition) is 4. The largest absolute Gasteiger partial charge is 0.481 e. The molecule has 1 aromatic heterocycles. The normalized spacial score (nSPS) is 10.6. The Hall–Kier alpha value is -1.40. The highest BCUT2D eigenvalue weighted by Crippen LogP contribution is 2.23. The summed E-state index contributed by atoms with van der Waals surface area (Å²) in [4.78, 5) is 16.2. The lowest BCUT2D eigenvalue weighted by Gasteiger charge is -2.07. The Labute approximate surface area is 120 Å². The molecule has 100 valence electrons. The van der Waals surface area contributed by atoms with Crippen molar-refractivity contribution >= 4 is 29.5 Å². The highest BCUT2D eigenvalue weighted by molar-refractivity contribution is 7.99. The summed E-state index contributed by atoms with van der Waals surface area (Å²) in [7, 11) is 0. The van der Waals surface area contributed by atoms with Gasteiger partial charge in [-0.1, -0.05) is 11.8 Å². The predicted octanol–water partition coefficient (Wildman–Crippen LogP) is 3.08. The summed E-state index contributed by atoms with van der Waals surface area (Å²) in [5.74, 6) is -0.825. The fourth-order valence-corrected chi connectivity index (χ4v) is 2.80. The molecule has 0 saturated heterocycles. The lowest BCUT2D eigenvalue weighted by Crippen LogP contribution is -2.01. The third-order valence-electron chi connectivity index (χ3n) is 2.47. The molecule has 0 amide bonds. The third-order valence-corrected chi connectivity index (χ3v) is 4.15. The lowest BCUT2D eigenvalue weighted by molar-refractivity contribution is -0.133. The molecule has 0 bridgehead atoms. The number of nitrogens with zero attached hydrogens (tertiary/aromatic N) is 2. The average Bonchev–Trinajstić information content (AvgIpc) is 2.78. The fourth-order valence-electron chi connectivity index (χ4n) is 1.63. The predicted molar refractivity (Wildman–Crippen MR) is 78.4 cm³/mol. The zero-order chi connectivity index (χ0) is 13.8. The van der Waals surface area contributed by atoms with Crippen LogP contribution < -0.4 is 0 Å². The third kappa shape index (κ3) is 3.54. The van der Waals surface area contributed by atoms with E-state index in [1.165, 1.54) is 16.7 Å². The van der Waals surface area contributed by atoms with Gasteiger partial charge in [-0.15, -0.1) is 11.8 Å². The van der Waals surface area contributed by atoms with E-state index in [0.29, 0.717) is 5.16 Å². The lowest BCUT2D eigenvalue weighted by atomic mass is 10.3. The van der Waals surface area contributed by atoms with E-state index < -0.39 is 5.97 Å². The zero-order valence-electron chi connectivity index (χ0n) is 10.7. The van der Waals surface area contributed by atoms with Crippen LogP contribution in [-0.4, -0.2) is 32.6 Å². The van der Waals surface area contributed by atoms with Gasteiger partial charge in [0.2, 0.25) is 0 Å². The van der Waals surface area contributed by atoms with E-state index in [2.05, 4.69) is 4.98 Å². The standard InChI is InChI=1S/C13H14N2O2S2/c1-9-7-15(13(14-9)19-8-12(16)17)10-3-5-11(18-2)6-4-10/h3-7H,8H2,1-2H3,(H,16,17). The first-order chi connectivity index (χ1) is 9.10. The topological polar surface area (TPSA) is 55.1 Å². The molecular formula is C13H14N2O2S2. The summed E-state index contributed by atoms with van der Waals surface area (Å²) < 4.78 is 1.92. The van der Waals surface area contributed by atoms with Crippen molar-refractivity contribution in [3.63, 3.8) is 0 Å². The molecule has 0 aliphatic rings. The van der Waals surface area contributed by atoms with Crippen LogP contribution in [0.2, 0.25) is 0 Å². The molecule has 0 aliphatic carbocycles. The van der Waals surface area contributed by atoms with Crippen LogP contribution in [0.1, 0.15) is 5.69 Å². The van der Waals surface area contributed by atoms with Crippen LogP contribution in [0, 0.1) is 6.92 Å². The van der Waals surface area contributed by atoms with Crippen LogP contribution in [0.5, 0.6) is 0 Å². The molecule has 0 radical (unpaired) electrons. The van der Waals surface area contributed by atoms with Crippen molar-refractivity contribution in [1.29, 1.82) is 0 Å². The first-order valence-electron chi connectivity index (χ1n) is 5.65. The molecule has 1 N–H and O–H groups in total. The quantitative estimate of drug-likeness (QED) is 0.859. The van der Waals surface area contributed by atoms with Crippen LogP contribution in [-0.2, 0) is 4.79 Å². The number of rotatable bonds is 5. The SMILES string of the molecule is CSc1ccc(-n2cc(C)nc2SCC(=O)O)cc1. The number of benzene rings is 1. The van der Waals surface area contributed by atoms with E-state index in [1.54, 1.807) is 11.8 Å². The number of aryl methyl sites for hydroxylation is 1. The van der Waals surface area contributed by atoms with Gasteiger partial charge in [0.25, 0.3) is 0 Å². The van der Waals surface area contributed by atoms with Crippen LogP contribution in [0.25, 0.3) is 5.69 Å². The molecule has 2 rings (SSSR count). The van der Waals surface area contributed by atoms with Crippen LogP contribution >= 0.6 is 23.5 Å². The number of aromatic nitrogens is 2. The molecule has 0 spiro atoms. The minimum atomic E-state index is -0.838. The average molecular weight is 294 g/mol. The number of carboxylic acid groups (broad SMARTS) is 1. The summed E-state index contributed by atoms with van der Waals surface area (Å²) in [6.45, 7) is 1.90. The summed E-state index contributed by atoms with van der Waals surface area (Å²) >= 11 is 2.92. The van der Waals surface area contributed by atoms with Crippen molar-refractivity contribution in [2.24, 2.45) is 0 Å². The number of thioether (sulfide) groups is 2. The second-order valence-corrected chi connectivity index (χ2v) is 5.74. The Balaban J connectivity index is 2.29. The Kier molecular flexibility index (Phi) is 4.55. The van der Waals surface area contributed by atoms with Gasteiger partial charge >= 0.3 is 5.97 Å². The molecule has 0 atom stereocenters. The maximum atomic E-state index is 10.7. The first kappa shape index (κ1) is 14.0. The second kappa shape index (κ2) is 6.16. The van der Waals surface area contributed by atoms with E-state index in [0.717, 1.165) is 11.4 Å². The zero-order valence-corrected chi connectivity index (χ0v) is 12.3. The summed E-state index contributed by atoms with van der Waals surface area (Å²) in [6.07, 6.45) is 3.95. The number of carboxylic acids is 1. The maximum Gasteiger partial charge on any atom is 0.313 e. The molecule has 1 aromatic carbocycles. The van der Waals surface area contributed by atoms with Crippen LogP contribution in [0.4, 0.5) is 0 Å². The van der Waals surface area contributed by atoms with Crippen LogP contribution in [0.3, 0.4) is 0 Å². The van der Waals surface area contributed by atoms with Gasteiger partial charge in [-0.25, -0.2) is 4.98 Å². The summed E-state index contributed by atoms with van der Waals surface area (Å²) in [5, 5.41) is 9.46. The molecule has 4 nitrogen and oxygen atoms in total. The van der Waals surface area contributed by atoms with Crippen molar-refractivity contribution in [1.82, 2.24) is 9.55 Å². The molecule has 6 heteroatoms. The van der Waals surface area contributed by atoms with Gasteiger partial charge in [-0.2, -0.15) is 0 Å². The highest BCUT2D eigenvalue weighted by atomic mass is 32.2. The van der Waals surface area contributed by atoms with Crippen molar-refractivity contribution in [3.05, 3.63) is 36.2 Å². The molecular weight excluding hydrogens is 280 g/mol. The van der Waals surface area contributed by atoms with Gasteiger partial charge in [-0.3, -0.25) is 9.36 Å². The van der Waals surface area contributed by atoms with Gasteiger partial charge in [0.05, 0.1) is 11.4 Å². The monoisotopic (exact) mass is 294 g/mol. The van der Waals surface area contributed by atoms with Crippen molar-refractivity contribution in [2.45, 2.75) is 17.0 Å². The van der Waals surface area contributed by atoms with E-state index in [9.17, 15) is 4.79 Å². The molecule has 0 aliphatic heterocycles. The molecule has 0 unspecified atom stereocenters. The van der Waals surface area contributed by atoms with E-state index >= 15 is 0 Å². The van der Waals surface area contributed by atoms with Gasteiger partial charge < -0.3 is 5.11 Å². The number of aliphatic carboxylic acids is 1. The van der Waals surface area contributed by atoms with E-state index in [-0.39, 0.29) is 5.75 Å². The molecule has 19 heavy (non-hydrogen) atoms. The van der Waals surface area contributed by atoms with Crippen LogP contribution in [0.15, 0.2) is 40.5 Å². The van der Waals surface area contributed by atoms with Crippen molar-refractivity contribution in [2.75, 3.05) is 12.0 Å². The molecule has 1 heterocycles. The number of imidazole rings is 1. The van der Waals surface area contributed by atoms with Gasteiger partial charge in [0.15, 0.2) is 5.16 Å². The second-order valence-electron chi connectivity index (χ2n) is 3.92. The Morgan fingerprint density at radius 2 is 2.05 bits per heavy atom. The van der Waals surface area contributed by atoms with E-state index in [1.807, 2.05) is 48.2 Å².